The van der Waals surface area contributed by atoms with Crippen molar-refractivity contribution >= 4 is 41.0 Å². The maximum absolute atomic E-state index is 12.2. The van der Waals surface area contributed by atoms with E-state index in [-0.39, 0.29) is 40.2 Å². The molecule has 25 heavy (non-hydrogen) atoms. The number of amides is 2. The number of nitrogens with one attached hydrogen (secondary N) is 2. The maximum Gasteiger partial charge on any atom is 0.326 e. The van der Waals surface area contributed by atoms with Gasteiger partial charge in [0.15, 0.2) is 0 Å². The van der Waals surface area contributed by atoms with Crippen LogP contribution in [0.2, 0.25) is 10.0 Å². The molecule has 0 unspecified atom stereocenters. The van der Waals surface area contributed by atoms with Crippen molar-refractivity contribution in [1.82, 2.24) is 10.6 Å². The number of carbonyl (C=O) groups excluding carboxylic acids is 2. The zero-order chi connectivity index (χ0) is 19.1. The van der Waals surface area contributed by atoms with Gasteiger partial charge < -0.3 is 20.5 Å². The summed E-state index contributed by atoms with van der Waals surface area (Å²) in [7, 11) is 1.37. The van der Waals surface area contributed by atoms with Crippen LogP contribution in [0.1, 0.15) is 30.6 Å². The highest BCUT2D eigenvalue weighted by Crippen LogP contribution is 2.30. The molecule has 7 nitrogen and oxygen atoms in total. The van der Waals surface area contributed by atoms with Gasteiger partial charge in [0.1, 0.15) is 11.8 Å². The zero-order valence-corrected chi connectivity index (χ0v) is 15.6. The van der Waals surface area contributed by atoms with Crippen LogP contribution < -0.4 is 15.4 Å². The number of hydrogen-bond acceptors (Lipinski definition) is 4. The predicted octanol–water partition coefficient (Wildman–Crippen LogP) is 2.35. The van der Waals surface area contributed by atoms with Gasteiger partial charge in [-0.2, -0.15) is 0 Å². The lowest BCUT2D eigenvalue weighted by Crippen LogP contribution is -2.46. The molecule has 0 radical (unpaired) electrons. The average molecular weight is 391 g/mol. The predicted molar refractivity (Wildman–Crippen MR) is 94.4 cm³/mol. The van der Waals surface area contributed by atoms with E-state index in [2.05, 4.69) is 10.6 Å². The number of hydrogen-bond donors (Lipinski definition) is 3. The lowest BCUT2D eigenvalue weighted by Gasteiger charge is -2.17. The van der Waals surface area contributed by atoms with Crippen molar-refractivity contribution in [3.05, 3.63) is 27.7 Å². The first-order valence-corrected chi connectivity index (χ1v) is 8.24. The first-order valence-electron chi connectivity index (χ1n) is 7.49. The van der Waals surface area contributed by atoms with Crippen LogP contribution in [-0.2, 0) is 9.59 Å². The fourth-order valence-corrected chi connectivity index (χ4v) is 2.39. The van der Waals surface area contributed by atoms with Gasteiger partial charge in [0.05, 0.1) is 29.3 Å². The smallest absolute Gasteiger partial charge is 0.326 e. The summed E-state index contributed by atoms with van der Waals surface area (Å²) in [5, 5.41) is 14.3. The first-order chi connectivity index (χ1) is 11.6. The van der Waals surface area contributed by atoms with E-state index in [1.54, 1.807) is 0 Å². The van der Waals surface area contributed by atoms with Gasteiger partial charge in [-0.15, -0.1) is 0 Å². The molecule has 0 aromatic heterocycles. The van der Waals surface area contributed by atoms with Gasteiger partial charge >= 0.3 is 5.97 Å². The third-order valence-corrected chi connectivity index (χ3v) is 3.96. The van der Waals surface area contributed by atoms with Crippen molar-refractivity contribution in [3.8, 4) is 5.75 Å². The normalized spacial score (nSPS) is 11.8. The molecular weight excluding hydrogens is 371 g/mol. The second kappa shape index (κ2) is 9.48. The lowest BCUT2D eigenvalue weighted by molar-refractivity contribution is -0.142. The van der Waals surface area contributed by atoms with Gasteiger partial charge in [0, 0.05) is 6.07 Å². The van der Waals surface area contributed by atoms with Gasteiger partial charge in [0.25, 0.3) is 5.91 Å². The molecular formula is C16H20Cl2N2O5. The van der Waals surface area contributed by atoms with Gasteiger partial charge in [0.2, 0.25) is 5.91 Å². The Bertz CT molecular complexity index is 664. The van der Waals surface area contributed by atoms with Gasteiger partial charge in [-0.1, -0.05) is 37.0 Å². The number of halogens is 2. The van der Waals surface area contributed by atoms with E-state index in [1.807, 2.05) is 13.8 Å². The number of rotatable bonds is 8. The van der Waals surface area contributed by atoms with Gasteiger partial charge in [-0.3, -0.25) is 9.59 Å². The SMILES string of the molecule is COc1cc(Cl)c(Cl)cc1C(=O)NCC(=O)N[C@@H](CC(C)C)C(=O)O. The Morgan fingerprint density at radius 2 is 1.80 bits per heavy atom. The van der Waals surface area contributed by atoms with E-state index in [0.29, 0.717) is 0 Å². The molecule has 9 heteroatoms. The van der Waals surface area contributed by atoms with Crippen molar-refractivity contribution in [3.63, 3.8) is 0 Å². The Kier molecular flexibility index (Phi) is 7.99. The van der Waals surface area contributed by atoms with E-state index < -0.39 is 23.8 Å². The summed E-state index contributed by atoms with van der Waals surface area (Å²) in [6.07, 6.45) is 0.287. The van der Waals surface area contributed by atoms with E-state index >= 15 is 0 Å². The van der Waals surface area contributed by atoms with Crippen molar-refractivity contribution in [1.29, 1.82) is 0 Å². The van der Waals surface area contributed by atoms with Crippen molar-refractivity contribution in [2.75, 3.05) is 13.7 Å². The highest BCUT2D eigenvalue weighted by molar-refractivity contribution is 6.42. The molecule has 138 valence electrons. The molecule has 1 aromatic carbocycles. The molecule has 1 rings (SSSR count). The monoisotopic (exact) mass is 390 g/mol. The summed E-state index contributed by atoms with van der Waals surface area (Å²) in [5.74, 6) is -2.03. The highest BCUT2D eigenvalue weighted by atomic mass is 35.5. The van der Waals surface area contributed by atoms with E-state index in [4.69, 9.17) is 33.0 Å². The molecule has 1 atom stereocenters. The first kappa shape index (κ1) is 21.1. The summed E-state index contributed by atoms with van der Waals surface area (Å²) in [5.41, 5.74) is 0.113. The molecule has 0 saturated carbocycles. The molecule has 3 N–H and O–H groups in total. The Balaban J connectivity index is 2.71. The second-order valence-electron chi connectivity index (χ2n) is 5.74. The fourth-order valence-electron chi connectivity index (χ4n) is 2.07. The molecule has 1 aromatic rings. The maximum atomic E-state index is 12.2. The summed E-state index contributed by atoms with van der Waals surface area (Å²) in [6, 6.07) is 1.71. The highest BCUT2D eigenvalue weighted by Gasteiger charge is 2.22. The molecule has 0 saturated heterocycles. The van der Waals surface area contributed by atoms with Crippen LogP contribution in [-0.4, -0.2) is 42.6 Å². The fraction of sp³-hybridized carbons (Fsp3) is 0.438. The number of ether oxygens (including phenoxy) is 1. The zero-order valence-electron chi connectivity index (χ0n) is 14.1. The Morgan fingerprint density at radius 1 is 1.20 bits per heavy atom. The van der Waals surface area contributed by atoms with Crippen molar-refractivity contribution < 1.29 is 24.2 Å². The van der Waals surface area contributed by atoms with Crippen LogP contribution in [0.3, 0.4) is 0 Å². The van der Waals surface area contributed by atoms with E-state index in [0.717, 1.165) is 0 Å². The Labute approximate surface area is 155 Å². The van der Waals surface area contributed by atoms with Crippen LogP contribution in [0.25, 0.3) is 0 Å². The van der Waals surface area contributed by atoms with E-state index in [9.17, 15) is 14.4 Å². The quantitative estimate of drug-likeness (QED) is 0.631. The number of carbonyl (C=O) groups is 3. The molecule has 0 heterocycles. The third kappa shape index (κ3) is 6.43. The number of carboxylic acid groups (broad SMARTS) is 1. The minimum atomic E-state index is -1.13. The average Bonchev–Trinajstić information content (AvgIpc) is 2.53. The van der Waals surface area contributed by atoms with Gasteiger partial charge in [-0.05, 0) is 18.4 Å². The standard InChI is InChI=1S/C16H20Cl2N2O5/c1-8(2)4-12(16(23)24)20-14(21)7-19-15(22)9-5-10(17)11(18)6-13(9)25-3/h5-6,8,12H,4,7H2,1-3H3,(H,19,22)(H,20,21)(H,23,24)/t12-/m0/s1. The van der Waals surface area contributed by atoms with E-state index in [1.165, 1.54) is 19.2 Å². The topological polar surface area (TPSA) is 105 Å². The molecule has 0 fully saturated rings. The van der Waals surface area contributed by atoms with Crippen LogP contribution >= 0.6 is 23.2 Å². The van der Waals surface area contributed by atoms with Crippen LogP contribution in [0.15, 0.2) is 12.1 Å². The van der Waals surface area contributed by atoms with Crippen LogP contribution in [0.5, 0.6) is 5.75 Å². The van der Waals surface area contributed by atoms with Crippen LogP contribution in [0.4, 0.5) is 0 Å². The third-order valence-electron chi connectivity index (χ3n) is 3.24. The molecule has 0 aliphatic carbocycles. The number of methoxy groups -OCH3 is 1. The summed E-state index contributed by atoms with van der Waals surface area (Å²) in [4.78, 5) is 35.2. The summed E-state index contributed by atoms with van der Waals surface area (Å²) >= 11 is 11.8. The second-order valence-corrected chi connectivity index (χ2v) is 6.55. The summed E-state index contributed by atoms with van der Waals surface area (Å²) in [6.45, 7) is 3.31. The van der Waals surface area contributed by atoms with Crippen LogP contribution in [0, 0.1) is 5.92 Å². The molecule has 0 aliphatic heterocycles. The number of benzene rings is 1. The Hall–Kier alpha value is -1.99. The number of carboxylic acids is 1. The number of aliphatic carboxylic acids is 1. The van der Waals surface area contributed by atoms with Crippen molar-refractivity contribution in [2.45, 2.75) is 26.3 Å². The molecule has 0 aliphatic rings. The minimum absolute atomic E-state index is 0.0939. The minimum Gasteiger partial charge on any atom is -0.496 e. The molecule has 0 spiro atoms. The molecule has 2 amide bonds. The van der Waals surface area contributed by atoms with Gasteiger partial charge in [-0.25, -0.2) is 4.79 Å². The molecule has 0 bridgehead atoms. The lowest BCUT2D eigenvalue weighted by atomic mass is 10.0. The van der Waals surface area contributed by atoms with Crippen molar-refractivity contribution in [2.24, 2.45) is 5.92 Å². The summed E-state index contributed by atoms with van der Waals surface area (Å²) < 4.78 is 5.07. The Morgan fingerprint density at radius 3 is 2.32 bits per heavy atom. The largest absolute Gasteiger partial charge is 0.496 e.